The lowest BCUT2D eigenvalue weighted by molar-refractivity contribution is 0.143. The molecule has 0 spiro atoms. The zero-order valence-electron chi connectivity index (χ0n) is 13.8. The first-order chi connectivity index (χ1) is 11.0. The van der Waals surface area contributed by atoms with Crippen molar-refractivity contribution in [3.05, 3.63) is 29.8 Å². The van der Waals surface area contributed by atoms with Crippen molar-refractivity contribution in [2.45, 2.75) is 18.9 Å². The van der Waals surface area contributed by atoms with Crippen LogP contribution in [0, 0.1) is 0 Å². The van der Waals surface area contributed by atoms with Crippen molar-refractivity contribution in [2.75, 3.05) is 46.9 Å². The highest BCUT2D eigenvalue weighted by molar-refractivity contribution is 7.86. The van der Waals surface area contributed by atoms with Crippen molar-refractivity contribution in [3.8, 4) is 5.75 Å². The zero-order valence-corrected chi connectivity index (χ0v) is 14.6. The Morgan fingerprint density at radius 3 is 2.26 bits per heavy atom. The van der Waals surface area contributed by atoms with Gasteiger partial charge in [-0.2, -0.15) is 17.0 Å². The van der Waals surface area contributed by atoms with Crippen LogP contribution in [0.25, 0.3) is 0 Å². The van der Waals surface area contributed by atoms with Gasteiger partial charge in [0, 0.05) is 38.8 Å². The van der Waals surface area contributed by atoms with E-state index in [4.69, 9.17) is 4.74 Å². The van der Waals surface area contributed by atoms with Gasteiger partial charge in [0.25, 0.3) is 10.2 Å². The molecule has 1 aromatic rings. The maximum atomic E-state index is 12.8. The molecule has 2 aliphatic heterocycles. The van der Waals surface area contributed by atoms with Crippen LogP contribution in [-0.2, 0) is 10.2 Å². The molecule has 2 heterocycles. The molecule has 0 unspecified atom stereocenters. The molecule has 128 valence electrons. The topological polar surface area (TPSA) is 53.1 Å². The number of rotatable bonds is 4. The lowest BCUT2D eigenvalue weighted by Gasteiger charge is -2.40. The van der Waals surface area contributed by atoms with Crippen molar-refractivity contribution in [1.29, 1.82) is 0 Å². The number of hydrogen-bond donors (Lipinski definition) is 0. The van der Waals surface area contributed by atoms with Crippen LogP contribution in [0.4, 0.5) is 0 Å². The monoisotopic (exact) mass is 339 g/mol. The second kappa shape index (κ2) is 6.76. The van der Waals surface area contributed by atoms with Crippen LogP contribution in [0.15, 0.2) is 24.3 Å². The van der Waals surface area contributed by atoms with E-state index >= 15 is 0 Å². The average molecular weight is 339 g/mol. The largest absolute Gasteiger partial charge is 0.497 e. The second-order valence-corrected chi connectivity index (χ2v) is 8.17. The summed E-state index contributed by atoms with van der Waals surface area (Å²) in [7, 11) is 0.372. The van der Waals surface area contributed by atoms with Crippen LogP contribution in [0.3, 0.4) is 0 Å². The van der Waals surface area contributed by atoms with Gasteiger partial charge in [-0.15, -0.1) is 0 Å². The summed E-state index contributed by atoms with van der Waals surface area (Å²) in [6, 6.07) is 7.97. The van der Waals surface area contributed by atoms with Gasteiger partial charge in [0.1, 0.15) is 5.75 Å². The van der Waals surface area contributed by atoms with E-state index in [1.165, 1.54) is 0 Å². The third kappa shape index (κ3) is 3.38. The van der Waals surface area contributed by atoms with Gasteiger partial charge in [-0.1, -0.05) is 12.1 Å². The second-order valence-electron chi connectivity index (χ2n) is 6.24. The van der Waals surface area contributed by atoms with E-state index in [-0.39, 0.29) is 6.04 Å². The lowest BCUT2D eigenvalue weighted by atomic mass is 10.0. The SMILES string of the molecule is COc1ccc([C@@H]2CN(S(=O)(=O)N3CCCC3)CCN2C)cc1. The Morgan fingerprint density at radius 1 is 1.00 bits per heavy atom. The van der Waals surface area contributed by atoms with Gasteiger partial charge in [0.05, 0.1) is 7.11 Å². The molecule has 0 N–H and O–H groups in total. The molecule has 23 heavy (non-hydrogen) atoms. The molecule has 2 fully saturated rings. The molecule has 6 nitrogen and oxygen atoms in total. The summed E-state index contributed by atoms with van der Waals surface area (Å²) >= 11 is 0. The van der Waals surface area contributed by atoms with Crippen molar-refractivity contribution in [1.82, 2.24) is 13.5 Å². The number of likely N-dealkylation sites (N-methyl/N-ethyl adjacent to an activating group) is 1. The molecule has 1 atom stereocenters. The average Bonchev–Trinajstić information content (AvgIpc) is 3.10. The number of benzene rings is 1. The van der Waals surface area contributed by atoms with Gasteiger partial charge in [-0.05, 0) is 37.6 Å². The maximum Gasteiger partial charge on any atom is 0.282 e. The molecule has 3 rings (SSSR count). The molecule has 2 saturated heterocycles. The molecule has 0 radical (unpaired) electrons. The van der Waals surface area contributed by atoms with Crippen molar-refractivity contribution in [3.63, 3.8) is 0 Å². The Balaban J connectivity index is 1.78. The maximum absolute atomic E-state index is 12.8. The molecule has 7 heteroatoms. The van der Waals surface area contributed by atoms with E-state index in [9.17, 15) is 8.42 Å². The predicted molar refractivity (Wildman–Crippen MR) is 89.7 cm³/mol. The van der Waals surface area contributed by atoms with E-state index < -0.39 is 10.2 Å². The van der Waals surface area contributed by atoms with Crippen molar-refractivity contribution >= 4 is 10.2 Å². The number of nitrogens with zero attached hydrogens (tertiary/aromatic N) is 3. The fourth-order valence-corrected chi connectivity index (χ4v) is 5.01. The highest BCUT2D eigenvalue weighted by Gasteiger charge is 2.36. The molecule has 2 aliphatic rings. The third-order valence-electron chi connectivity index (χ3n) is 4.83. The van der Waals surface area contributed by atoms with Crippen LogP contribution < -0.4 is 4.74 Å². The van der Waals surface area contributed by atoms with Gasteiger partial charge in [-0.3, -0.25) is 4.90 Å². The predicted octanol–water partition coefficient (Wildman–Crippen LogP) is 1.32. The number of piperazine rings is 1. The summed E-state index contributed by atoms with van der Waals surface area (Å²) in [6.07, 6.45) is 1.93. The summed E-state index contributed by atoms with van der Waals surface area (Å²) in [5.74, 6) is 0.814. The fraction of sp³-hybridized carbons (Fsp3) is 0.625. The Morgan fingerprint density at radius 2 is 1.65 bits per heavy atom. The van der Waals surface area contributed by atoms with Crippen molar-refractivity contribution in [2.24, 2.45) is 0 Å². The molecule has 0 amide bonds. The standard InChI is InChI=1S/C16H25N3O3S/c1-17-11-12-19(23(20,21)18-9-3-4-10-18)13-16(17)14-5-7-15(22-2)8-6-14/h5-8,16H,3-4,9-13H2,1-2H3/t16-/m0/s1. The Kier molecular flexibility index (Phi) is 4.91. The number of hydrogen-bond acceptors (Lipinski definition) is 4. The van der Waals surface area contributed by atoms with Gasteiger partial charge in [0.2, 0.25) is 0 Å². The number of methoxy groups -OCH3 is 1. The van der Waals surface area contributed by atoms with Gasteiger partial charge < -0.3 is 4.74 Å². The van der Waals surface area contributed by atoms with E-state index in [0.29, 0.717) is 26.2 Å². The lowest BCUT2D eigenvalue weighted by Crippen LogP contribution is -2.52. The van der Waals surface area contributed by atoms with Crippen LogP contribution in [0.1, 0.15) is 24.4 Å². The zero-order chi connectivity index (χ0) is 16.4. The molecular formula is C16H25N3O3S. The Hall–Kier alpha value is -1.15. The summed E-state index contributed by atoms with van der Waals surface area (Å²) in [5.41, 5.74) is 1.12. The van der Waals surface area contributed by atoms with E-state index in [0.717, 1.165) is 30.7 Å². The quantitative estimate of drug-likeness (QED) is 0.830. The first kappa shape index (κ1) is 16.7. The Bertz CT molecular complexity index is 626. The highest BCUT2D eigenvalue weighted by atomic mass is 32.2. The van der Waals surface area contributed by atoms with Gasteiger partial charge in [-0.25, -0.2) is 0 Å². The minimum atomic E-state index is -3.32. The number of ether oxygens (including phenoxy) is 1. The molecule has 0 aromatic heterocycles. The summed E-state index contributed by atoms with van der Waals surface area (Å²) < 4.78 is 34.0. The third-order valence-corrected chi connectivity index (χ3v) is 6.83. The molecule has 0 saturated carbocycles. The van der Waals surface area contributed by atoms with E-state index in [1.807, 2.05) is 24.3 Å². The van der Waals surface area contributed by atoms with Crippen LogP contribution in [0.5, 0.6) is 5.75 Å². The minimum absolute atomic E-state index is 0.0760. The van der Waals surface area contributed by atoms with E-state index in [1.54, 1.807) is 15.7 Å². The van der Waals surface area contributed by atoms with Crippen molar-refractivity contribution < 1.29 is 13.2 Å². The smallest absolute Gasteiger partial charge is 0.282 e. The molecule has 0 aliphatic carbocycles. The van der Waals surface area contributed by atoms with Crippen LogP contribution in [0.2, 0.25) is 0 Å². The summed E-state index contributed by atoms with van der Waals surface area (Å²) in [5, 5.41) is 0. The van der Waals surface area contributed by atoms with Gasteiger partial charge in [0.15, 0.2) is 0 Å². The minimum Gasteiger partial charge on any atom is -0.497 e. The van der Waals surface area contributed by atoms with Gasteiger partial charge >= 0.3 is 0 Å². The summed E-state index contributed by atoms with van der Waals surface area (Å²) in [6.45, 7) is 3.11. The highest BCUT2D eigenvalue weighted by Crippen LogP contribution is 2.28. The normalized spacial score (nSPS) is 24.9. The summed E-state index contributed by atoms with van der Waals surface area (Å²) in [4.78, 5) is 2.22. The molecule has 0 bridgehead atoms. The molecular weight excluding hydrogens is 314 g/mol. The van der Waals surface area contributed by atoms with E-state index in [2.05, 4.69) is 11.9 Å². The van der Waals surface area contributed by atoms with Crippen LogP contribution in [-0.4, -0.2) is 68.8 Å². The Labute approximate surface area is 138 Å². The first-order valence-corrected chi connectivity index (χ1v) is 9.51. The first-order valence-electron chi connectivity index (χ1n) is 8.12. The fourth-order valence-electron chi connectivity index (χ4n) is 3.33. The molecule has 1 aromatic carbocycles. The van der Waals surface area contributed by atoms with Crippen LogP contribution >= 0.6 is 0 Å².